The van der Waals surface area contributed by atoms with Crippen molar-refractivity contribution in [2.75, 3.05) is 14.1 Å². The zero-order chi connectivity index (χ0) is 9.98. The van der Waals surface area contributed by atoms with Gasteiger partial charge >= 0.3 is 0 Å². The molecular formula is C10H23NO. The zero-order valence-electron chi connectivity index (χ0n) is 9.18. The average Bonchev–Trinajstić information content (AvgIpc) is 2.01. The lowest BCUT2D eigenvalue weighted by Crippen LogP contribution is -2.20. The second kappa shape index (κ2) is 10.5. The van der Waals surface area contributed by atoms with Crippen molar-refractivity contribution in [3.8, 4) is 0 Å². The molecule has 1 amide bonds. The molecule has 0 spiro atoms. The summed E-state index contributed by atoms with van der Waals surface area (Å²) in [7, 11) is 3.58. The van der Waals surface area contributed by atoms with Crippen LogP contribution >= 0.6 is 0 Å². The molecule has 0 aromatic rings. The van der Waals surface area contributed by atoms with Crippen LogP contribution in [0.1, 0.15) is 46.5 Å². The molecule has 0 saturated carbocycles. The van der Waals surface area contributed by atoms with Crippen LogP contribution < -0.4 is 0 Å². The Bertz CT molecular complexity index is 100. The SMILES string of the molecule is CCC.CCCCC(=O)N(C)C. The molecule has 0 aromatic carbocycles. The van der Waals surface area contributed by atoms with Gasteiger partial charge in [-0.15, -0.1) is 0 Å². The number of hydrogen-bond acceptors (Lipinski definition) is 1. The van der Waals surface area contributed by atoms with Gasteiger partial charge in [-0.3, -0.25) is 4.79 Å². The predicted molar refractivity (Wildman–Crippen MR) is 54.2 cm³/mol. The highest BCUT2D eigenvalue weighted by Gasteiger charge is 2.00. The Morgan fingerprint density at radius 3 is 1.83 bits per heavy atom. The summed E-state index contributed by atoms with van der Waals surface area (Å²) >= 11 is 0. The molecule has 0 aliphatic heterocycles. The lowest BCUT2D eigenvalue weighted by molar-refractivity contribution is -0.128. The molecule has 0 aliphatic rings. The fourth-order valence-corrected chi connectivity index (χ4v) is 0.552. The summed E-state index contributed by atoms with van der Waals surface area (Å²) in [6.07, 6.45) is 4.06. The van der Waals surface area contributed by atoms with E-state index < -0.39 is 0 Å². The molecule has 0 rings (SSSR count). The molecule has 0 heterocycles. The fraction of sp³-hybridized carbons (Fsp3) is 0.900. The number of carbonyl (C=O) groups excluding carboxylic acids is 1. The van der Waals surface area contributed by atoms with Gasteiger partial charge in [0.2, 0.25) is 5.91 Å². The summed E-state index contributed by atoms with van der Waals surface area (Å²) in [4.78, 5) is 12.5. The summed E-state index contributed by atoms with van der Waals surface area (Å²) in [5, 5.41) is 0. The average molecular weight is 173 g/mol. The molecule has 2 heteroatoms. The Morgan fingerprint density at radius 2 is 1.58 bits per heavy atom. The van der Waals surface area contributed by atoms with Gasteiger partial charge < -0.3 is 4.90 Å². The second-order valence-corrected chi connectivity index (χ2v) is 3.10. The molecule has 0 saturated heterocycles. The summed E-state index contributed by atoms with van der Waals surface area (Å²) in [6, 6.07) is 0. The normalized spacial score (nSPS) is 8.42. The van der Waals surface area contributed by atoms with Crippen molar-refractivity contribution in [3.05, 3.63) is 0 Å². The molecule has 2 nitrogen and oxygen atoms in total. The van der Waals surface area contributed by atoms with E-state index in [0.29, 0.717) is 6.42 Å². The quantitative estimate of drug-likeness (QED) is 0.642. The van der Waals surface area contributed by atoms with Crippen LogP contribution in [-0.2, 0) is 4.79 Å². The highest BCUT2D eigenvalue weighted by Crippen LogP contribution is 1.95. The first-order chi connectivity index (χ1) is 5.59. The Balaban J connectivity index is 0. The minimum Gasteiger partial charge on any atom is -0.349 e. The molecule has 0 aromatic heterocycles. The first kappa shape index (κ1) is 14.0. The van der Waals surface area contributed by atoms with E-state index in [4.69, 9.17) is 0 Å². The molecular weight excluding hydrogens is 150 g/mol. The number of rotatable bonds is 3. The van der Waals surface area contributed by atoms with Gasteiger partial charge in [0.1, 0.15) is 0 Å². The van der Waals surface area contributed by atoms with Gasteiger partial charge in [0.25, 0.3) is 0 Å². The van der Waals surface area contributed by atoms with Gasteiger partial charge in [0, 0.05) is 20.5 Å². The largest absolute Gasteiger partial charge is 0.349 e. The van der Waals surface area contributed by atoms with E-state index in [1.165, 1.54) is 6.42 Å². The van der Waals surface area contributed by atoms with E-state index in [2.05, 4.69) is 20.8 Å². The molecule has 12 heavy (non-hydrogen) atoms. The number of unbranched alkanes of at least 4 members (excludes halogenated alkanes) is 1. The molecule has 0 N–H and O–H groups in total. The van der Waals surface area contributed by atoms with Crippen molar-refractivity contribution in [1.82, 2.24) is 4.90 Å². The van der Waals surface area contributed by atoms with Crippen LogP contribution in [0, 0.1) is 0 Å². The van der Waals surface area contributed by atoms with Crippen LogP contribution in [0.25, 0.3) is 0 Å². The maximum atomic E-state index is 10.8. The van der Waals surface area contributed by atoms with Gasteiger partial charge in [-0.05, 0) is 6.42 Å². The minimum absolute atomic E-state index is 0.233. The summed E-state index contributed by atoms with van der Waals surface area (Å²) in [6.45, 7) is 6.34. The molecule has 0 aliphatic carbocycles. The van der Waals surface area contributed by atoms with Crippen LogP contribution in [0.5, 0.6) is 0 Å². The van der Waals surface area contributed by atoms with Gasteiger partial charge in [-0.1, -0.05) is 33.6 Å². The zero-order valence-corrected chi connectivity index (χ0v) is 9.18. The van der Waals surface area contributed by atoms with Gasteiger partial charge in [0.05, 0.1) is 0 Å². The van der Waals surface area contributed by atoms with E-state index >= 15 is 0 Å². The van der Waals surface area contributed by atoms with Gasteiger partial charge in [-0.2, -0.15) is 0 Å². The van der Waals surface area contributed by atoms with Gasteiger partial charge in [0.15, 0.2) is 0 Å². The van der Waals surface area contributed by atoms with E-state index in [9.17, 15) is 4.79 Å². The highest BCUT2D eigenvalue weighted by molar-refractivity contribution is 5.75. The van der Waals surface area contributed by atoms with Crippen LogP contribution in [0.3, 0.4) is 0 Å². The third kappa shape index (κ3) is 12.2. The number of hydrogen-bond donors (Lipinski definition) is 0. The number of nitrogens with zero attached hydrogens (tertiary/aromatic N) is 1. The van der Waals surface area contributed by atoms with E-state index in [1.807, 2.05) is 0 Å². The molecule has 0 fully saturated rings. The third-order valence-electron chi connectivity index (χ3n) is 1.24. The Morgan fingerprint density at radius 1 is 1.17 bits per heavy atom. The lowest BCUT2D eigenvalue weighted by atomic mass is 10.2. The highest BCUT2D eigenvalue weighted by atomic mass is 16.2. The standard InChI is InChI=1S/C7H15NO.C3H8/c1-4-5-6-7(9)8(2)3;1-3-2/h4-6H2,1-3H3;3H2,1-2H3. The Kier molecular flexibility index (Phi) is 12.2. The summed E-state index contributed by atoms with van der Waals surface area (Å²) in [5.74, 6) is 0.233. The first-order valence-electron chi connectivity index (χ1n) is 4.80. The third-order valence-corrected chi connectivity index (χ3v) is 1.24. The molecule has 0 unspecified atom stereocenters. The monoisotopic (exact) mass is 173 g/mol. The number of carbonyl (C=O) groups is 1. The van der Waals surface area contributed by atoms with Crippen molar-refractivity contribution in [2.24, 2.45) is 0 Å². The number of amides is 1. The van der Waals surface area contributed by atoms with Crippen molar-refractivity contribution >= 4 is 5.91 Å². The molecule has 0 atom stereocenters. The van der Waals surface area contributed by atoms with Crippen molar-refractivity contribution in [3.63, 3.8) is 0 Å². The smallest absolute Gasteiger partial charge is 0.222 e. The van der Waals surface area contributed by atoms with E-state index in [1.54, 1.807) is 19.0 Å². The maximum absolute atomic E-state index is 10.8. The first-order valence-corrected chi connectivity index (χ1v) is 4.80. The summed E-state index contributed by atoms with van der Waals surface area (Å²) in [5.41, 5.74) is 0. The van der Waals surface area contributed by atoms with Crippen molar-refractivity contribution in [1.29, 1.82) is 0 Å². The van der Waals surface area contributed by atoms with Crippen LogP contribution in [-0.4, -0.2) is 24.9 Å². The topological polar surface area (TPSA) is 20.3 Å². The Hall–Kier alpha value is -0.530. The minimum atomic E-state index is 0.233. The van der Waals surface area contributed by atoms with Crippen LogP contribution in [0.2, 0.25) is 0 Å². The molecule has 0 bridgehead atoms. The van der Waals surface area contributed by atoms with Crippen LogP contribution in [0.4, 0.5) is 0 Å². The maximum Gasteiger partial charge on any atom is 0.222 e. The molecule has 0 radical (unpaired) electrons. The summed E-state index contributed by atoms with van der Waals surface area (Å²) < 4.78 is 0. The fourth-order valence-electron chi connectivity index (χ4n) is 0.552. The van der Waals surface area contributed by atoms with Crippen LogP contribution in [0.15, 0.2) is 0 Å². The van der Waals surface area contributed by atoms with Crippen molar-refractivity contribution < 1.29 is 4.79 Å². The second-order valence-electron chi connectivity index (χ2n) is 3.10. The predicted octanol–water partition coefficient (Wildman–Crippen LogP) is 2.68. The van der Waals surface area contributed by atoms with E-state index in [-0.39, 0.29) is 5.91 Å². The lowest BCUT2D eigenvalue weighted by Gasteiger charge is -2.08. The van der Waals surface area contributed by atoms with Gasteiger partial charge in [-0.25, -0.2) is 0 Å². The van der Waals surface area contributed by atoms with E-state index in [0.717, 1.165) is 12.8 Å². The Labute approximate surface area is 77.0 Å². The molecule has 74 valence electrons. The van der Waals surface area contributed by atoms with Crippen molar-refractivity contribution in [2.45, 2.75) is 46.5 Å².